The Balaban J connectivity index is 0.00000405. The number of amides is 1. The predicted octanol–water partition coefficient (Wildman–Crippen LogP) is 6.26. The van der Waals surface area contributed by atoms with Gasteiger partial charge < -0.3 is 4.74 Å². The molecular formula is C30H34Cl2N4O4S2. The van der Waals surface area contributed by atoms with Crippen LogP contribution in [0.1, 0.15) is 29.3 Å². The van der Waals surface area contributed by atoms with E-state index < -0.39 is 10.0 Å². The molecule has 1 aliphatic rings. The normalized spacial score (nSPS) is 14.0. The van der Waals surface area contributed by atoms with E-state index in [1.54, 1.807) is 48.2 Å². The van der Waals surface area contributed by atoms with Crippen molar-refractivity contribution < 1.29 is 17.9 Å². The third-order valence-corrected chi connectivity index (χ3v) is 10.6. The van der Waals surface area contributed by atoms with Crippen LogP contribution in [0.5, 0.6) is 0 Å². The molecule has 2 heterocycles. The lowest BCUT2D eigenvalue weighted by atomic mass is 10.2. The lowest BCUT2D eigenvalue weighted by molar-refractivity contribution is 0.0376. The van der Waals surface area contributed by atoms with E-state index in [1.165, 1.54) is 27.8 Å². The monoisotopic (exact) mass is 648 g/mol. The van der Waals surface area contributed by atoms with Gasteiger partial charge in [-0.25, -0.2) is 13.4 Å². The van der Waals surface area contributed by atoms with Crippen molar-refractivity contribution in [2.24, 2.45) is 0 Å². The number of fused-ring (bicyclic) bond motifs is 1. The van der Waals surface area contributed by atoms with Gasteiger partial charge in [0.05, 0.1) is 39.0 Å². The van der Waals surface area contributed by atoms with Crippen molar-refractivity contribution in [3.05, 3.63) is 82.9 Å². The first-order chi connectivity index (χ1) is 19.8. The molecule has 0 unspecified atom stereocenters. The molecule has 42 heavy (non-hydrogen) atoms. The van der Waals surface area contributed by atoms with Crippen LogP contribution in [-0.2, 0) is 14.8 Å². The quantitative estimate of drug-likeness (QED) is 0.202. The Hall–Kier alpha value is -2.73. The number of hydrogen-bond donors (Lipinski definition) is 0. The number of carbonyl (C=O) groups excluding carboxylic acids is 1. The van der Waals surface area contributed by atoms with Crippen LogP contribution in [-0.4, -0.2) is 70.1 Å². The lowest BCUT2D eigenvalue weighted by Crippen LogP contribution is -2.39. The molecule has 12 heteroatoms. The number of anilines is 2. The summed E-state index contributed by atoms with van der Waals surface area (Å²) in [7, 11) is -3.80. The fourth-order valence-corrected chi connectivity index (χ4v) is 7.72. The standard InChI is InChI=1S/C30H33ClN4O4S2.ClH/c1-3-35(24-8-5-4-6-9-24)41(37,38)25-13-11-23(12-14-25)29(36)34(17-7-16-33-18-20-39-21-19-33)30-32-27-22(2)10-15-26(31)28(27)40-30;/h4-6,8-15H,3,7,16-21H2,1-2H3;1H. The van der Waals surface area contributed by atoms with Crippen LogP contribution < -0.4 is 9.21 Å². The number of benzene rings is 3. The molecule has 0 bridgehead atoms. The zero-order valence-corrected chi connectivity index (χ0v) is 26.7. The van der Waals surface area contributed by atoms with E-state index in [0.29, 0.717) is 41.2 Å². The highest BCUT2D eigenvalue weighted by Crippen LogP contribution is 2.36. The second kappa shape index (κ2) is 14.2. The fourth-order valence-electron chi connectivity index (χ4n) is 4.91. The van der Waals surface area contributed by atoms with Crippen molar-refractivity contribution in [2.75, 3.05) is 55.1 Å². The van der Waals surface area contributed by atoms with Crippen molar-refractivity contribution in [2.45, 2.75) is 25.2 Å². The average molecular weight is 650 g/mol. The Labute approximate surface area is 262 Å². The number of aryl methyl sites for hydroxylation is 1. The molecule has 8 nitrogen and oxygen atoms in total. The summed E-state index contributed by atoms with van der Waals surface area (Å²) in [5.41, 5.74) is 2.75. The number of morpholine rings is 1. The van der Waals surface area contributed by atoms with Crippen LogP contribution in [0.2, 0.25) is 5.02 Å². The molecule has 0 N–H and O–H groups in total. The summed E-state index contributed by atoms with van der Waals surface area (Å²) >= 11 is 7.87. The van der Waals surface area contributed by atoms with Crippen LogP contribution in [0.3, 0.4) is 0 Å². The highest BCUT2D eigenvalue weighted by atomic mass is 35.5. The number of para-hydroxylation sites is 1. The molecule has 3 aromatic carbocycles. The summed E-state index contributed by atoms with van der Waals surface area (Å²) in [4.78, 5) is 22.9. The van der Waals surface area contributed by atoms with Crippen LogP contribution in [0, 0.1) is 6.92 Å². The largest absolute Gasteiger partial charge is 0.379 e. The number of ether oxygens (including phenoxy) is 1. The molecule has 1 aromatic heterocycles. The maximum Gasteiger partial charge on any atom is 0.264 e. The lowest BCUT2D eigenvalue weighted by Gasteiger charge is -2.27. The molecule has 0 spiro atoms. The third-order valence-electron chi connectivity index (χ3n) is 7.14. The smallest absolute Gasteiger partial charge is 0.264 e. The summed E-state index contributed by atoms with van der Waals surface area (Å²) in [5.74, 6) is -0.237. The van der Waals surface area contributed by atoms with E-state index in [0.717, 1.165) is 41.8 Å². The summed E-state index contributed by atoms with van der Waals surface area (Å²) in [6.07, 6.45) is 0.753. The molecule has 1 fully saturated rings. The third kappa shape index (κ3) is 6.90. The van der Waals surface area contributed by atoms with Crippen molar-refractivity contribution in [1.82, 2.24) is 9.88 Å². The van der Waals surface area contributed by atoms with Gasteiger partial charge >= 0.3 is 0 Å². The van der Waals surface area contributed by atoms with Gasteiger partial charge in [0.1, 0.15) is 0 Å². The molecular weight excluding hydrogens is 615 g/mol. The average Bonchev–Trinajstić information content (AvgIpc) is 3.45. The van der Waals surface area contributed by atoms with E-state index in [4.69, 9.17) is 21.3 Å². The van der Waals surface area contributed by atoms with E-state index in [-0.39, 0.29) is 29.8 Å². The summed E-state index contributed by atoms with van der Waals surface area (Å²) in [6, 6.07) is 18.9. The molecule has 0 saturated carbocycles. The topological polar surface area (TPSA) is 83.1 Å². The molecule has 1 aliphatic heterocycles. The van der Waals surface area contributed by atoms with Crippen molar-refractivity contribution >= 4 is 72.3 Å². The Kier molecular flexibility index (Phi) is 10.9. The Morgan fingerprint density at radius 1 is 1.05 bits per heavy atom. The van der Waals surface area contributed by atoms with E-state index in [9.17, 15) is 13.2 Å². The highest BCUT2D eigenvalue weighted by Gasteiger charge is 2.26. The molecule has 0 aliphatic carbocycles. The van der Waals surface area contributed by atoms with E-state index in [1.807, 2.05) is 25.1 Å². The van der Waals surface area contributed by atoms with Crippen molar-refractivity contribution in [3.63, 3.8) is 0 Å². The minimum absolute atomic E-state index is 0. The van der Waals surface area contributed by atoms with Crippen LogP contribution in [0.15, 0.2) is 71.6 Å². The Morgan fingerprint density at radius 3 is 2.38 bits per heavy atom. The summed E-state index contributed by atoms with van der Waals surface area (Å²) in [6.45, 7) is 8.52. The maximum atomic E-state index is 13.9. The number of halogens is 2. The predicted molar refractivity (Wildman–Crippen MR) is 173 cm³/mol. The van der Waals surface area contributed by atoms with Crippen LogP contribution >= 0.6 is 35.3 Å². The zero-order valence-electron chi connectivity index (χ0n) is 23.5. The minimum atomic E-state index is -3.80. The maximum absolute atomic E-state index is 13.9. The van der Waals surface area contributed by atoms with Crippen LogP contribution in [0.4, 0.5) is 10.8 Å². The Morgan fingerprint density at radius 2 is 1.74 bits per heavy atom. The molecule has 5 rings (SSSR count). The fraction of sp³-hybridized carbons (Fsp3) is 0.333. The number of rotatable bonds is 10. The minimum Gasteiger partial charge on any atom is -0.379 e. The molecule has 0 radical (unpaired) electrons. The zero-order chi connectivity index (χ0) is 29.0. The van der Waals surface area contributed by atoms with Gasteiger partial charge in [-0.1, -0.05) is 47.2 Å². The molecule has 4 aromatic rings. The van der Waals surface area contributed by atoms with Crippen molar-refractivity contribution in [3.8, 4) is 0 Å². The number of thiazole rings is 1. The van der Waals surface area contributed by atoms with Crippen LogP contribution in [0.25, 0.3) is 10.2 Å². The van der Waals surface area contributed by atoms with Gasteiger partial charge in [0, 0.05) is 38.3 Å². The number of sulfonamides is 1. The van der Waals surface area contributed by atoms with Gasteiger partial charge in [-0.15, -0.1) is 12.4 Å². The van der Waals surface area contributed by atoms with Gasteiger partial charge in [0.2, 0.25) is 0 Å². The first-order valence-corrected chi connectivity index (χ1v) is 16.3. The highest BCUT2D eigenvalue weighted by molar-refractivity contribution is 7.92. The molecule has 1 saturated heterocycles. The molecule has 1 amide bonds. The SMILES string of the molecule is CCN(c1ccccc1)S(=O)(=O)c1ccc(C(=O)N(CCCN2CCOCC2)c2nc3c(C)ccc(Cl)c3s2)cc1.Cl. The van der Waals surface area contributed by atoms with Crippen molar-refractivity contribution in [1.29, 1.82) is 0 Å². The number of aromatic nitrogens is 1. The number of nitrogens with zero attached hydrogens (tertiary/aromatic N) is 4. The molecule has 224 valence electrons. The second-order valence-electron chi connectivity index (χ2n) is 9.83. The van der Waals surface area contributed by atoms with Gasteiger partial charge in [0.15, 0.2) is 5.13 Å². The second-order valence-corrected chi connectivity index (χ2v) is 13.1. The van der Waals surface area contributed by atoms with Gasteiger partial charge in [0.25, 0.3) is 15.9 Å². The van der Waals surface area contributed by atoms with Gasteiger partial charge in [-0.3, -0.25) is 18.9 Å². The van der Waals surface area contributed by atoms with Gasteiger partial charge in [-0.2, -0.15) is 0 Å². The first kappa shape index (κ1) is 32.2. The summed E-state index contributed by atoms with van der Waals surface area (Å²) < 4.78 is 34.6. The Bertz CT molecular complexity index is 1570. The number of carbonyl (C=O) groups is 1. The molecule has 0 atom stereocenters. The van der Waals surface area contributed by atoms with E-state index >= 15 is 0 Å². The van der Waals surface area contributed by atoms with E-state index in [2.05, 4.69) is 4.90 Å². The first-order valence-electron chi connectivity index (χ1n) is 13.6. The number of hydrogen-bond acceptors (Lipinski definition) is 7. The summed E-state index contributed by atoms with van der Waals surface area (Å²) in [5, 5.41) is 1.17. The van der Waals surface area contributed by atoms with Gasteiger partial charge in [-0.05, 0) is 68.3 Å².